The molecule has 10 heteroatoms. The molecule has 1 atom stereocenters. The van der Waals surface area contributed by atoms with Gasteiger partial charge < -0.3 is 19.5 Å². The van der Waals surface area contributed by atoms with Crippen molar-refractivity contribution in [2.24, 2.45) is 5.92 Å². The molecule has 0 bridgehead atoms. The number of ether oxygens (including phenoxy) is 2. The molecular formula is C28H29ClF5NO3. The zero-order valence-corrected chi connectivity index (χ0v) is 21.9. The molecule has 0 saturated carbocycles. The van der Waals surface area contributed by atoms with E-state index in [1.807, 2.05) is 26.8 Å². The Bertz CT molecular complexity index is 1220. The zero-order chi connectivity index (χ0) is 28.1. The highest BCUT2D eigenvalue weighted by molar-refractivity contribution is 6.31. The Morgan fingerprint density at radius 1 is 0.895 bits per heavy atom. The van der Waals surface area contributed by atoms with Gasteiger partial charge in [0.1, 0.15) is 17.2 Å². The van der Waals surface area contributed by atoms with E-state index in [-0.39, 0.29) is 19.0 Å². The SMILES string of the molecule is CCc1cc(Oc2cccc(N(Cc3cccc(OC(F)(F)C(F)(F)F)c3)CC(O)C(C)C)c2)ccc1Cl. The van der Waals surface area contributed by atoms with E-state index in [4.69, 9.17) is 16.3 Å². The first-order valence-corrected chi connectivity index (χ1v) is 12.4. The molecule has 1 unspecified atom stereocenters. The number of halogens is 6. The van der Waals surface area contributed by atoms with Crippen molar-refractivity contribution >= 4 is 17.3 Å². The highest BCUT2D eigenvalue weighted by Crippen LogP contribution is 2.37. The van der Waals surface area contributed by atoms with Gasteiger partial charge in [0.05, 0.1) is 6.10 Å². The number of benzene rings is 3. The van der Waals surface area contributed by atoms with E-state index in [1.165, 1.54) is 6.07 Å². The summed E-state index contributed by atoms with van der Waals surface area (Å²) >= 11 is 6.19. The Balaban J connectivity index is 1.87. The molecule has 38 heavy (non-hydrogen) atoms. The first kappa shape index (κ1) is 29.5. The van der Waals surface area contributed by atoms with Gasteiger partial charge in [0.15, 0.2) is 0 Å². The van der Waals surface area contributed by atoms with Crippen LogP contribution in [0.15, 0.2) is 66.7 Å². The fourth-order valence-corrected chi connectivity index (χ4v) is 3.85. The molecule has 3 rings (SSSR count). The van der Waals surface area contributed by atoms with E-state index in [0.717, 1.165) is 24.1 Å². The number of aliphatic hydroxyl groups is 1. The summed E-state index contributed by atoms with van der Waals surface area (Å²) in [6, 6.07) is 17.5. The van der Waals surface area contributed by atoms with Crippen molar-refractivity contribution in [1.82, 2.24) is 0 Å². The Morgan fingerprint density at radius 3 is 2.21 bits per heavy atom. The third-order valence-corrected chi connectivity index (χ3v) is 6.21. The second-order valence-corrected chi connectivity index (χ2v) is 9.57. The number of anilines is 1. The van der Waals surface area contributed by atoms with Crippen molar-refractivity contribution in [1.29, 1.82) is 0 Å². The number of aryl methyl sites for hydroxylation is 1. The van der Waals surface area contributed by atoms with Gasteiger partial charge in [-0.3, -0.25) is 0 Å². The summed E-state index contributed by atoms with van der Waals surface area (Å²) in [5, 5.41) is 11.2. The maximum Gasteiger partial charge on any atom is 0.499 e. The Labute approximate surface area is 223 Å². The molecule has 0 saturated heterocycles. The van der Waals surface area contributed by atoms with Crippen LogP contribution in [0.25, 0.3) is 0 Å². The number of nitrogens with zero attached hydrogens (tertiary/aromatic N) is 1. The first-order valence-electron chi connectivity index (χ1n) is 12.0. The van der Waals surface area contributed by atoms with Gasteiger partial charge in [-0.25, -0.2) is 0 Å². The average Bonchev–Trinajstić information content (AvgIpc) is 2.84. The van der Waals surface area contributed by atoms with Gasteiger partial charge in [-0.05, 0) is 65.9 Å². The standard InChI is InChI=1S/C28H29ClF5NO3/c1-4-20-14-23(11-12-25(20)29)37-22-9-6-8-21(15-22)35(17-26(36)18(2)3)16-19-7-5-10-24(13-19)38-28(33,34)27(30,31)32/h5-15,18,26,36H,4,16-17H2,1-3H3. The lowest BCUT2D eigenvalue weighted by molar-refractivity contribution is -0.360. The van der Waals surface area contributed by atoms with Crippen molar-refractivity contribution in [3.8, 4) is 17.2 Å². The molecular weight excluding hydrogens is 529 g/mol. The predicted molar refractivity (Wildman–Crippen MR) is 137 cm³/mol. The van der Waals surface area contributed by atoms with E-state index in [0.29, 0.717) is 27.8 Å². The van der Waals surface area contributed by atoms with Crippen molar-refractivity contribution in [3.05, 3.63) is 82.9 Å². The van der Waals surface area contributed by atoms with E-state index >= 15 is 0 Å². The first-order chi connectivity index (χ1) is 17.8. The van der Waals surface area contributed by atoms with E-state index in [1.54, 1.807) is 47.4 Å². The van der Waals surface area contributed by atoms with Crippen LogP contribution in [0, 0.1) is 5.92 Å². The van der Waals surface area contributed by atoms with Crippen molar-refractivity contribution < 1.29 is 36.5 Å². The molecule has 0 amide bonds. The predicted octanol–water partition coefficient (Wildman–Crippen LogP) is 8.25. The van der Waals surface area contributed by atoms with Crippen LogP contribution in [-0.4, -0.2) is 30.0 Å². The molecule has 1 N–H and O–H groups in total. The third kappa shape index (κ3) is 7.74. The molecule has 206 valence electrons. The van der Waals surface area contributed by atoms with Crippen LogP contribution in [0.3, 0.4) is 0 Å². The molecule has 4 nitrogen and oxygen atoms in total. The van der Waals surface area contributed by atoms with Crippen LogP contribution >= 0.6 is 11.6 Å². The number of aliphatic hydroxyl groups excluding tert-OH is 1. The summed E-state index contributed by atoms with van der Waals surface area (Å²) in [5.41, 5.74) is 1.99. The van der Waals surface area contributed by atoms with Gasteiger partial charge in [-0.2, -0.15) is 22.0 Å². The molecule has 0 aliphatic rings. The van der Waals surface area contributed by atoms with Crippen LogP contribution in [0.1, 0.15) is 31.9 Å². The van der Waals surface area contributed by atoms with Crippen molar-refractivity contribution in [2.45, 2.75) is 52.1 Å². The quantitative estimate of drug-likeness (QED) is 0.241. The van der Waals surface area contributed by atoms with Crippen molar-refractivity contribution in [3.63, 3.8) is 0 Å². The van der Waals surface area contributed by atoms with E-state index in [2.05, 4.69) is 4.74 Å². The number of alkyl halides is 5. The van der Waals surface area contributed by atoms with Gasteiger partial charge in [0.2, 0.25) is 0 Å². The summed E-state index contributed by atoms with van der Waals surface area (Å²) in [6.45, 7) is 5.95. The lowest BCUT2D eigenvalue weighted by Gasteiger charge is -2.29. The van der Waals surface area contributed by atoms with E-state index in [9.17, 15) is 27.1 Å². The van der Waals surface area contributed by atoms with Gasteiger partial charge in [-0.15, -0.1) is 0 Å². The van der Waals surface area contributed by atoms with Gasteiger partial charge in [0.25, 0.3) is 0 Å². The number of hydrogen-bond acceptors (Lipinski definition) is 4. The lowest BCUT2D eigenvalue weighted by atomic mass is 10.1. The van der Waals surface area contributed by atoms with Crippen LogP contribution in [0.2, 0.25) is 5.02 Å². The average molecular weight is 558 g/mol. The van der Waals surface area contributed by atoms with Crippen molar-refractivity contribution in [2.75, 3.05) is 11.4 Å². The molecule has 0 aliphatic carbocycles. The molecule has 3 aromatic rings. The Kier molecular flexibility index (Phi) is 9.49. The Hall–Kier alpha value is -3.04. The number of hydrogen-bond donors (Lipinski definition) is 1. The van der Waals surface area contributed by atoms with Gasteiger partial charge in [-0.1, -0.05) is 50.6 Å². The highest BCUT2D eigenvalue weighted by Gasteiger charge is 2.61. The molecule has 0 fully saturated rings. The summed E-state index contributed by atoms with van der Waals surface area (Å²) < 4.78 is 74.6. The normalized spacial score (nSPS) is 12.9. The highest BCUT2D eigenvalue weighted by atomic mass is 35.5. The lowest BCUT2D eigenvalue weighted by Crippen LogP contribution is -2.41. The second kappa shape index (κ2) is 12.2. The molecule has 0 radical (unpaired) electrons. The van der Waals surface area contributed by atoms with Gasteiger partial charge >= 0.3 is 12.3 Å². The van der Waals surface area contributed by atoms with Crippen LogP contribution in [0.5, 0.6) is 17.2 Å². The summed E-state index contributed by atoms with van der Waals surface area (Å²) in [6.07, 6.45) is -11.2. The molecule has 3 aromatic carbocycles. The minimum absolute atomic E-state index is 0.0846. The maximum atomic E-state index is 13.4. The third-order valence-electron chi connectivity index (χ3n) is 5.84. The Morgan fingerprint density at radius 2 is 1.55 bits per heavy atom. The van der Waals surface area contributed by atoms with Crippen LogP contribution < -0.4 is 14.4 Å². The monoisotopic (exact) mass is 557 g/mol. The fourth-order valence-electron chi connectivity index (χ4n) is 3.60. The molecule has 0 aliphatic heterocycles. The molecule has 0 heterocycles. The minimum Gasteiger partial charge on any atom is -0.457 e. The van der Waals surface area contributed by atoms with Crippen LogP contribution in [-0.2, 0) is 13.0 Å². The molecule has 0 spiro atoms. The van der Waals surface area contributed by atoms with E-state index < -0.39 is 24.1 Å². The summed E-state index contributed by atoms with van der Waals surface area (Å²) in [4.78, 5) is 1.79. The topological polar surface area (TPSA) is 41.9 Å². The second-order valence-electron chi connectivity index (χ2n) is 9.16. The maximum absolute atomic E-state index is 13.4. The van der Waals surface area contributed by atoms with Gasteiger partial charge in [0, 0.05) is 29.9 Å². The summed E-state index contributed by atoms with van der Waals surface area (Å²) in [5.74, 6) is 0.393. The van der Waals surface area contributed by atoms with Crippen LogP contribution in [0.4, 0.5) is 27.6 Å². The minimum atomic E-state index is -5.85. The smallest absolute Gasteiger partial charge is 0.457 e. The summed E-state index contributed by atoms with van der Waals surface area (Å²) in [7, 11) is 0. The number of rotatable bonds is 11. The fraction of sp³-hybridized carbons (Fsp3) is 0.357. The largest absolute Gasteiger partial charge is 0.499 e. The molecule has 0 aromatic heterocycles. The zero-order valence-electron chi connectivity index (χ0n) is 21.1.